The van der Waals surface area contributed by atoms with Gasteiger partial charge in [0, 0.05) is 85.0 Å². The summed E-state index contributed by atoms with van der Waals surface area (Å²) < 4.78 is 0. The van der Waals surface area contributed by atoms with Crippen LogP contribution >= 0.6 is 0 Å². The Morgan fingerprint density at radius 1 is 0.627 bits per heavy atom. The number of hydrogen-bond donors (Lipinski definition) is 5. The maximum atomic E-state index is 13.9. The predicted molar refractivity (Wildman–Crippen MR) is 257 cm³/mol. The summed E-state index contributed by atoms with van der Waals surface area (Å²) in [4.78, 5) is 64.7. The summed E-state index contributed by atoms with van der Waals surface area (Å²) in [6.07, 6.45) is 16.9. The summed E-state index contributed by atoms with van der Waals surface area (Å²) in [6.45, 7) is 4.67. The number of benzene rings is 2. The molecule has 1 saturated carbocycles. The van der Waals surface area contributed by atoms with Crippen LogP contribution in [0.15, 0.2) is 104 Å². The fourth-order valence-electron chi connectivity index (χ4n) is 8.49. The molecule has 67 heavy (non-hydrogen) atoms. The Morgan fingerprint density at radius 3 is 2.00 bits per heavy atom. The summed E-state index contributed by atoms with van der Waals surface area (Å²) >= 11 is 0. The average Bonchev–Trinajstić information content (AvgIpc) is 3.93. The Bertz CT molecular complexity index is 3150. The number of hydrogen-bond acceptors (Lipinski definition) is 12. The number of nitrogens with zero attached hydrogens (tertiary/aromatic N) is 9. The van der Waals surface area contributed by atoms with Crippen molar-refractivity contribution in [2.45, 2.75) is 45.4 Å². The highest BCUT2D eigenvalue weighted by molar-refractivity contribution is 6.13. The zero-order valence-corrected chi connectivity index (χ0v) is 37.5. The van der Waals surface area contributed by atoms with Crippen LogP contribution in [0, 0.1) is 5.92 Å². The van der Waals surface area contributed by atoms with E-state index in [0.717, 1.165) is 82.5 Å². The highest BCUT2D eigenvalue weighted by atomic mass is 16.2. The van der Waals surface area contributed by atoms with Crippen LogP contribution in [0.1, 0.15) is 62.5 Å². The standard InChI is InChI=1S/C50H50N14O3/c1-62(2)26-31-12-39(23-52-19-31)57-50(67)47-43-17-35(37-15-41(25-54-22-37)55-48(65)33-5-6-33)14-38(45(43)59-61-47)29-63(3)27-32-13-40(24-53-20-32)56-49(66)46-42-16-34(7-8-44(42)58-60-46)36-11-30(18-51-21-36)28-64-9-4-10-64/h7-8,11-25,33H,4-6,9-10,26-29H2,1-3H3,(H,55,65)(H,56,66)(H,57,67)(H,58,60)(H,59,61). The van der Waals surface area contributed by atoms with Crippen molar-refractivity contribution in [2.75, 3.05) is 50.2 Å². The van der Waals surface area contributed by atoms with E-state index in [9.17, 15) is 14.4 Å². The molecule has 2 aliphatic rings. The van der Waals surface area contributed by atoms with Gasteiger partial charge in [0.15, 0.2) is 5.69 Å². The molecule has 17 nitrogen and oxygen atoms in total. The van der Waals surface area contributed by atoms with Crippen LogP contribution in [0.2, 0.25) is 0 Å². The van der Waals surface area contributed by atoms with Crippen LogP contribution in [-0.4, -0.2) is 107 Å². The molecule has 5 N–H and O–H groups in total. The molecule has 1 aliphatic carbocycles. The molecule has 8 aromatic rings. The second kappa shape index (κ2) is 18.6. The third-order valence-electron chi connectivity index (χ3n) is 12.0. The summed E-state index contributed by atoms with van der Waals surface area (Å²) in [5.41, 5.74) is 11.0. The fraction of sp³-hybridized carbons (Fsp3) is 0.260. The van der Waals surface area contributed by atoms with E-state index in [-0.39, 0.29) is 29.3 Å². The first-order valence-electron chi connectivity index (χ1n) is 22.3. The van der Waals surface area contributed by atoms with Gasteiger partial charge in [-0.1, -0.05) is 6.07 Å². The largest absolute Gasteiger partial charge is 0.324 e. The van der Waals surface area contributed by atoms with Crippen molar-refractivity contribution in [2.24, 2.45) is 5.92 Å². The van der Waals surface area contributed by atoms with Gasteiger partial charge in [-0.25, -0.2) is 0 Å². The summed E-state index contributed by atoms with van der Waals surface area (Å²) in [5.74, 6) is -0.693. The highest BCUT2D eigenvalue weighted by Gasteiger charge is 2.30. The van der Waals surface area contributed by atoms with Gasteiger partial charge in [0.25, 0.3) is 11.8 Å². The number of pyridine rings is 4. The molecule has 2 fully saturated rings. The van der Waals surface area contributed by atoms with Crippen LogP contribution in [0.5, 0.6) is 0 Å². The molecule has 17 heteroatoms. The third-order valence-corrected chi connectivity index (χ3v) is 12.0. The maximum absolute atomic E-state index is 13.9. The number of H-pyrrole nitrogens is 2. The van der Waals surface area contributed by atoms with Crippen molar-refractivity contribution in [3.63, 3.8) is 0 Å². The van der Waals surface area contributed by atoms with Crippen LogP contribution in [0.4, 0.5) is 17.1 Å². The van der Waals surface area contributed by atoms with Gasteiger partial charge in [-0.15, -0.1) is 0 Å². The summed E-state index contributed by atoms with van der Waals surface area (Å²) in [5, 5.41) is 25.4. The van der Waals surface area contributed by atoms with Crippen molar-refractivity contribution in [1.82, 2.24) is 55.0 Å². The Hall–Kier alpha value is -7.73. The van der Waals surface area contributed by atoms with Gasteiger partial charge in [-0.3, -0.25) is 54.3 Å². The molecule has 10 rings (SSSR count). The second-order valence-corrected chi connectivity index (χ2v) is 17.9. The first-order valence-corrected chi connectivity index (χ1v) is 22.3. The van der Waals surface area contributed by atoms with E-state index >= 15 is 0 Å². The zero-order chi connectivity index (χ0) is 46.0. The Labute approximate surface area is 386 Å². The number of aromatic nitrogens is 8. The normalized spacial score (nSPS) is 13.9. The van der Waals surface area contributed by atoms with Crippen molar-refractivity contribution in [3.05, 3.63) is 138 Å². The number of rotatable bonds is 16. The van der Waals surface area contributed by atoms with Gasteiger partial charge >= 0.3 is 0 Å². The lowest BCUT2D eigenvalue weighted by molar-refractivity contribution is -0.117. The number of amides is 3. The van der Waals surface area contributed by atoms with E-state index in [1.54, 1.807) is 37.2 Å². The average molecular weight is 895 g/mol. The molecule has 2 aromatic carbocycles. The summed E-state index contributed by atoms with van der Waals surface area (Å²) in [6, 6.07) is 17.7. The molecule has 7 heterocycles. The van der Waals surface area contributed by atoms with Crippen LogP contribution in [0.3, 0.4) is 0 Å². The second-order valence-electron chi connectivity index (χ2n) is 17.9. The third kappa shape index (κ3) is 9.94. The quantitative estimate of drug-likeness (QED) is 0.0659. The molecule has 0 radical (unpaired) electrons. The van der Waals surface area contributed by atoms with Crippen LogP contribution < -0.4 is 16.0 Å². The maximum Gasteiger partial charge on any atom is 0.276 e. The Balaban J connectivity index is 0.879. The van der Waals surface area contributed by atoms with Crippen molar-refractivity contribution < 1.29 is 14.4 Å². The molecule has 1 aliphatic heterocycles. The van der Waals surface area contributed by atoms with Gasteiger partial charge in [-0.05, 0) is 135 Å². The van der Waals surface area contributed by atoms with Gasteiger partial charge < -0.3 is 20.9 Å². The van der Waals surface area contributed by atoms with E-state index < -0.39 is 0 Å². The number of anilines is 3. The molecule has 3 amide bonds. The molecular formula is C50H50N14O3. The zero-order valence-electron chi connectivity index (χ0n) is 37.5. The topological polar surface area (TPSA) is 206 Å². The molecule has 0 atom stereocenters. The van der Waals surface area contributed by atoms with Crippen LogP contribution in [-0.2, 0) is 31.0 Å². The Morgan fingerprint density at radius 2 is 1.28 bits per heavy atom. The minimum atomic E-state index is -0.361. The molecule has 338 valence electrons. The number of carbonyl (C=O) groups is 3. The van der Waals surface area contributed by atoms with E-state index in [2.05, 4.69) is 72.1 Å². The SMILES string of the molecule is CN(C)Cc1cncc(NC(=O)c2[nH]nc3c(CN(C)Cc4cncc(NC(=O)c5n[nH]c6ccc(-c7cncc(CN8CCC8)c7)cc56)c4)cc(-c4cncc(NC(=O)C5CC5)c4)cc23)c1. The number of likely N-dealkylation sites (tertiary alicyclic amines) is 1. The lowest BCUT2D eigenvalue weighted by Gasteiger charge is -2.30. The molecule has 0 unspecified atom stereocenters. The predicted octanol–water partition coefficient (Wildman–Crippen LogP) is 7.11. The van der Waals surface area contributed by atoms with Gasteiger partial charge in [0.2, 0.25) is 5.91 Å². The van der Waals surface area contributed by atoms with E-state index in [0.29, 0.717) is 58.7 Å². The smallest absolute Gasteiger partial charge is 0.276 e. The molecule has 0 bridgehead atoms. The summed E-state index contributed by atoms with van der Waals surface area (Å²) in [7, 11) is 5.93. The number of aromatic amines is 2. The highest BCUT2D eigenvalue weighted by Crippen LogP contribution is 2.33. The van der Waals surface area contributed by atoms with Gasteiger partial charge in [0.05, 0.1) is 46.7 Å². The first kappa shape index (κ1) is 43.2. The van der Waals surface area contributed by atoms with Gasteiger partial charge in [0.1, 0.15) is 5.69 Å². The molecule has 1 saturated heterocycles. The van der Waals surface area contributed by atoms with Crippen molar-refractivity contribution in [1.29, 1.82) is 0 Å². The first-order chi connectivity index (χ1) is 32.6. The number of nitrogens with one attached hydrogen (secondary N) is 5. The monoisotopic (exact) mass is 894 g/mol. The lowest BCUT2D eigenvalue weighted by atomic mass is 9.99. The Kier molecular flexibility index (Phi) is 12.0. The minimum Gasteiger partial charge on any atom is -0.324 e. The van der Waals surface area contributed by atoms with Crippen LogP contribution in [0.25, 0.3) is 44.1 Å². The molecule has 6 aromatic heterocycles. The molecule has 0 spiro atoms. The number of fused-ring (bicyclic) bond motifs is 2. The van der Waals surface area contributed by atoms with Crippen molar-refractivity contribution >= 4 is 56.6 Å². The number of carbonyl (C=O) groups excluding carboxylic acids is 3. The van der Waals surface area contributed by atoms with Crippen molar-refractivity contribution in [3.8, 4) is 22.3 Å². The minimum absolute atomic E-state index is 0.0102. The lowest BCUT2D eigenvalue weighted by Crippen LogP contribution is -2.36. The fourth-order valence-corrected chi connectivity index (χ4v) is 8.49. The van der Waals surface area contributed by atoms with E-state index in [1.165, 1.54) is 6.42 Å². The molecular weight excluding hydrogens is 845 g/mol. The van der Waals surface area contributed by atoms with E-state index in [1.807, 2.05) is 87.0 Å². The van der Waals surface area contributed by atoms with Gasteiger partial charge in [-0.2, -0.15) is 10.2 Å². The van der Waals surface area contributed by atoms with E-state index in [4.69, 9.17) is 0 Å².